The van der Waals surface area contributed by atoms with Gasteiger partial charge < -0.3 is 5.73 Å². The predicted octanol–water partition coefficient (Wildman–Crippen LogP) is 1.16. The molecule has 0 heterocycles. The molecule has 2 aliphatic carbocycles. The lowest BCUT2D eigenvalue weighted by molar-refractivity contribution is 0.0920. The fourth-order valence-electron chi connectivity index (χ4n) is 1.31. The van der Waals surface area contributed by atoms with E-state index in [9.17, 15) is 8.78 Å². The second kappa shape index (κ2) is 1.40. The molecule has 0 saturated heterocycles. The van der Waals surface area contributed by atoms with Gasteiger partial charge in [-0.25, -0.2) is 8.78 Å². The Hall–Kier alpha value is 0.110. The summed E-state index contributed by atoms with van der Waals surface area (Å²) in [6.45, 7) is 0. The van der Waals surface area contributed by atoms with Gasteiger partial charge in [0.05, 0.1) is 5.41 Å². The van der Waals surface area contributed by atoms with Crippen LogP contribution in [-0.4, -0.2) is 12.0 Å². The Labute approximate surface area is 58.0 Å². The SMILES string of the molecule is Cl.N[C@H]1C[C@@]12CC2(F)F. The highest BCUT2D eigenvalue weighted by Gasteiger charge is 2.82. The molecule has 1 nitrogen and oxygen atoms in total. The molecule has 2 rings (SSSR count). The predicted molar refractivity (Wildman–Crippen MR) is 31.8 cm³/mol. The van der Waals surface area contributed by atoms with Crippen LogP contribution in [0.1, 0.15) is 12.8 Å². The number of nitrogens with two attached hydrogens (primary N) is 1. The highest BCUT2D eigenvalue weighted by molar-refractivity contribution is 5.85. The summed E-state index contributed by atoms with van der Waals surface area (Å²) in [5.41, 5.74) is 4.56. The van der Waals surface area contributed by atoms with Crippen LogP contribution in [0.15, 0.2) is 0 Å². The molecular weight excluding hydrogens is 148 g/mol. The van der Waals surface area contributed by atoms with Crippen LogP contribution in [0.2, 0.25) is 0 Å². The van der Waals surface area contributed by atoms with E-state index in [0.29, 0.717) is 6.42 Å². The Morgan fingerprint density at radius 2 is 1.78 bits per heavy atom. The zero-order valence-electron chi connectivity index (χ0n) is 4.73. The first-order valence-electron chi connectivity index (χ1n) is 2.72. The molecular formula is C5H8ClF2N. The van der Waals surface area contributed by atoms with E-state index in [0.717, 1.165) is 0 Å². The zero-order valence-corrected chi connectivity index (χ0v) is 5.55. The summed E-state index contributed by atoms with van der Waals surface area (Å²) < 4.78 is 24.3. The molecule has 0 radical (unpaired) electrons. The number of rotatable bonds is 0. The van der Waals surface area contributed by atoms with Gasteiger partial charge in [0.1, 0.15) is 0 Å². The molecule has 2 fully saturated rings. The Morgan fingerprint density at radius 1 is 1.44 bits per heavy atom. The maximum atomic E-state index is 12.1. The van der Waals surface area contributed by atoms with Crippen LogP contribution in [0.4, 0.5) is 8.78 Å². The van der Waals surface area contributed by atoms with Crippen molar-refractivity contribution in [1.82, 2.24) is 0 Å². The third kappa shape index (κ3) is 0.619. The van der Waals surface area contributed by atoms with E-state index in [2.05, 4.69) is 0 Å². The average molecular weight is 156 g/mol. The quantitative estimate of drug-likeness (QED) is 0.558. The fourth-order valence-corrected chi connectivity index (χ4v) is 1.31. The van der Waals surface area contributed by atoms with Gasteiger partial charge in [0, 0.05) is 12.5 Å². The molecule has 0 unspecified atom stereocenters. The van der Waals surface area contributed by atoms with Crippen molar-refractivity contribution in [2.24, 2.45) is 11.1 Å². The maximum Gasteiger partial charge on any atom is 0.256 e. The smallest absolute Gasteiger partial charge is 0.256 e. The molecule has 2 N–H and O–H groups in total. The van der Waals surface area contributed by atoms with E-state index in [1.807, 2.05) is 0 Å². The van der Waals surface area contributed by atoms with Crippen molar-refractivity contribution < 1.29 is 8.78 Å². The minimum absolute atomic E-state index is 0. The van der Waals surface area contributed by atoms with Crippen molar-refractivity contribution in [3.05, 3.63) is 0 Å². The third-order valence-corrected chi connectivity index (χ3v) is 2.27. The number of alkyl halides is 2. The minimum Gasteiger partial charge on any atom is -0.327 e. The van der Waals surface area contributed by atoms with Crippen LogP contribution in [0.25, 0.3) is 0 Å². The van der Waals surface area contributed by atoms with Crippen molar-refractivity contribution in [3.63, 3.8) is 0 Å². The molecule has 2 atom stereocenters. The Balaban J connectivity index is 0.000000405. The summed E-state index contributed by atoms with van der Waals surface area (Å²) in [5, 5.41) is 0. The topological polar surface area (TPSA) is 26.0 Å². The number of hydrogen-bond acceptors (Lipinski definition) is 1. The Bertz CT molecular complexity index is 150. The first-order chi connectivity index (χ1) is 3.58. The second-order valence-corrected chi connectivity index (χ2v) is 2.85. The summed E-state index contributed by atoms with van der Waals surface area (Å²) in [6, 6.07) is -0.197. The number of halogens is 3. The summed E-state index contributed by atoms with van der Waals surface area (Å²) in [4.78, 5) is 0. The van der Waals surface area contributed by atoms with Gasteiger partial charge in [-0.15, -0.1) is 12.4 Å². The lowest BCUT2D eigenvalue weighted by atomic mass is 10.4. The van der Waals surface area contributed by atoms with Crippen molar-refractivity contribution in [1.29, 1.82) is 0 Å². The first-order valence-corrected chi connectivity index (χ1v) is 2.72. The largest absolute Gasteiger partial charge is 0.327 e. The van der Waals surface area contributed by atoms with Crippen LogP contribution >= 0.6 is 12.4 Å². The monoisotopic (exact) mass is 155 g/mol. The molecule has 0 amide bonds. The fraction of sp³-hybridized carbons (Fsp3) is 1.00. The van der Waals surface area contributed by atoms with Crippen LogP contribution in [0, 0.1) is 5.41 Å². The second-order valence-electron chi connectivity index (χ2n) is 2.85. The van der Waals surface area contributed by atoms with E-state index in [1.165, 1.54) is 0 Å². The molecule has 0 bridgehead atoms. The van der Waals surface area contributed by atoms with Crippen molar-refractivity contribution in [2.45, 2.75) is 24.8 Å². The first kappa shape index (κ1) is 7.22. The van der Waals surface area contributed by atoms with Gasteiger partial charge in [-0.2, -0.15) is 0 Å². The molecule has 0 aliphatic heterocycles. The van der Waals surface area contributed by atoms with E-state index in [-0.39, 0.29) is 24.9 Å². The molecule has 4 heteroatoms. The van der Waals surface area contributed by atoms with E-state index in [4.69, 9.17) is 5.73 Å². The molecule has 0 aromatic heterocycles. The Morgan fingerprint density at radius 3 is 1.78 bits per heavy atom. The molecule has 0 aromatic carbocycles. The van der Waals surface area contributed by atoms with Crippen molar-refractivity contribution in [3.8, 4) is 0 Å². The summed E-state index contributed by atoms with van der Waals surface area (Å²) >= 11 is 0. The zero-order chi connectivity index (χ0) is 5.99. The van der Waals surface area contributed by atoms with Gasteiger partial charge in [0.15, 0.2) is 0 Å². The van der Waals surface area contributed by atoms with Gasteiger partial charge in [-0.1, -0.05) is 0 Å². The van der Waals surface area contributed by atoms with E-state index < -0.39 is 11.3 Å². The summed E-state index contributed by atoms with van der Waals surface area (Å²) in [5.74, 6) is -2.40. The molecule has 1 spiro atoms. The maximum absolute atomic E-state index is 12.1. The standard InChI is InChI=1S/C5H7F2N.ClH/c6-5(7)2-4(5)1-3(4)8;/h3H,1-2,8H2;1H/t3-,4+;/m0./s1. The average Bonchev–Trinajstić information content (AvgIpc) is 2.24. The Kier molecular flexibility index (Phi) is 1.12. The van der Waals surface area contributed by atoms with Crippen LogP contribution in [0.3, 0.4) is 0 Å². The minimum atomic E-state index is -2.40. The van der Waals surface area contributed by atoms with Crippen molar-refractivity contribution >= 4 is 12.4 Å². The van der Waals surface area contributed by atoms with Gasteiger partial charge in [0.2, 0.25) is 0 Å². The van der Waals surface area contributed by atoms with E-state index in [1.54, 1.807) is 0 Å². The molecule has 2 aliphatic rings. The van der Waals surface area contributed by atoms with Crippen LogP contribution < -0.4 is 5.73 Å². The van der Waals surface area contributed by atoms with Crippen LogP contribution in [-0.2, 0) is 0 Å². The molecule has 2 saturated carbocycles. The van der Waals surface area contributed by atoms with Gasteiger partial charge in [-0.05, 0) is 6.42 Å². The van der Waals surface area contributed by atoms with Gasteiger partial charge in [-0.3, -0.25) is 0 Å². The number of hydrogen-bond donors (Lipinski definition) is 1. The molecule has 0 aromatic rings. The van der Waals surface area contributed by atoms with Crippen LogP contribution in [0.5, 0.6) is 0 Å². The van der Waals surface area contributed by atoms with Crippen molar-refractivity contribution in [2.75, 3.05) is 0 Å². The van der Waals surface area contributed by atoms with Gasteiger partial charge in [0.25, 0.3) is 5.92 Å². The normalized spacial score (nSPS) is 50.3. The summed E-state index contributed by atoms with van der Waals surface area (Å²) in [7, 11) is 0. The molecule has 9 heavy (non-hydrogen) atoms. The summed E-state index contributed by atoms with van der Waals surface area (Å²) in [6.07, 6.45) is 0.584. The molecule has 54 valence electrons. The van der Waals surface area contributed by atoms with E-state index >= 15 is 0 Å². The highest BCUT2D eigenvalue weighted by atomic mass is 35.5. The lowest BCUT2D eigenvalue weighted by Crippen LogP contribution is -2.06. The highest BCUT2D eigenvalue weighted by Crippen LogP contribution is 2.74. The van der Waals surface area contributed by atoms with Gasteiger partial charge >= 0.3 is 0 Å². The third-order valence-electron chi connectivity index (χ3n) is 2.27. The lowest BCUT2D eigenvalue weighted by Gasteiger charge is -1.87.